The average Bonchev–Trinajstić information content (AvgIpc) is 2.37. The smallest absolute Gasteiger partial charge is 0.466 e. The number of rotatable bonds is 8. The highest BCUT2D eigenvalue weighted by Crippen LogP contribution is 2.23. The quantitative estimate of drug-likeness (QED) is 0.592. The molecule has 0 aliphatic carbocycles. The third kappa shape index (κ3) is 8.19. The molecule has 1 aromatic rings. The molecule has 0 amide bonds. The van der Waals surface area contributed by atoms with Gasteiger partial charge in [-0.1, -0.05) is 12.1 Å². The minimum Gasteiger partial charge on any atom is -0.466 e. The third-order valence-electron chi connectivity index (χ3n) is 2.50. The summed E-state index contributed by atoms with van der Waals surface area (Å²) in [5.74, 6) is -0.492. The fraction of sp³-hybridized carbons (Fsp3) is 0.500. The van der Waals surface area contributed by atoms with Gasteiger partial charge in [0.05, 0.1) is 6.61 Å². The summed E-state index contributed by atoms with van der Waals surface area (Å²) in [6.45, 7) is 3.07. The van der Waals surface area contributed by atoms with Crippen molar-refractivity contribution in [2.24, 2.45) is 0 Å². The summed E-state index contributed by atoms with van der Waals surface area (Å²) in [7, 11) is 0. The van der Waals surface area contributed by atoms with Crippen molar-refractivity contribution in [1.29, 1.82) is 0 Å². The lowest BCUT2D eigenvalue weighted by Gasteiger charge is -2.10. The van der Waals surface area contributed by atoms with Crippen molar-refractivity contribution in [1.82, 2.24) is 5.32 Å². The van der Waals surface area contributed by atoms with E-state index in [4.69, 9.17) is 4.74 Å². The van der Waals surface area contributed by atoms with E-state index in [0.29, 0.717) is 38.1 Å². The van der Waals surface area contributed by atoms with Crippen LogP contribution in [0, 0.1) is 0 Å². The number of alkyl halides is 3. The lowest BCUT2D eigenvalue weighted by Crippen LogP contribution is -2.18. The van der Waals surface area contributed by atoms with Gasteiger partial charge in [0.25, 0.3) is 0 Å². The number of hydrogen-bond donors (Lipinski definition) is 1. The van der Waals surface area contributed by atoms with E-state index in [-0.39, 0.29) is 11.7 Å². The van der Waals surface area contributed by atoms with Crippen LogP contribution in [0.25, 0.3) is 0 Å². The molecule has 0 saturated heterocycles. The Morgan fingerprint density at radius 2 is 2.10 bits per heavy atom. The average molecular weight is 305 g/mol. The van der Waals surface area contributed by atoms with Gasteiger partial charge in [-0.25, -0.2) is 0 Å². The van der Waals surface area contributed by atoms with E-state index in [0.717, 1.165) is 0 Å². The maximum atomic E-state index is 12.1. The predicted octanol–water partition coefficient (Wildman–Crippen LogP) is 3.02. The summed E-state index contributed by atoms with van der Waals surface area (Å²) in [4.78, 5) is 11.1. The maximum Gasteiger partial charge on any atom is 0.573 e. The first-order valence-corrected chi connectivity index (χ1v) is 6.61. The molecule has 0 aliphatic rings. The molecule has 0 aliphatic heterocycles. The van der Waals surface area contributed by atoms with Gasteiger partial charge in [0.1, 0.15) is 5.75 Å². The van der Waals surface area contributed by atoms with Crippen LogP contribution in [0.15, 0.2) is 24.3 Å². The SMILES string of the molecule is CCOC(=O)CCCNCc1cccc(OC(F)(F)F)c1. The minimum atomic E-state index is -4.69. The van der Waals surface area contributed by atoms with E-state index < -0.39 is 6.36 Å². The van der Waals surface area contributed by atoms with Crippen molar-refractivity contribution < 1.29 is 27.4 Å². The second kappa shape index (κ2) is 8.51. The molecular weight excluding hydrogens is 287 g/mol. The van der Waals surface area contributed by atoms with Gasteiger partial charge in [-0.3, -0.25) is 4.79 Å². The second-order valence-electron chi connectivity index (χ2n) is 4.28. The van der Waals surface area contributed by atoms with Crippen LogP contribution in [-0.2, 0) is 16.1 Å². The Kier molecular flexibility index (Phi) is 7.01. The molecule has 4 nitrogen and oxygen atoms in total. The zero-order valence-electron chi connectivity index (χ0n) is 11.7. The zero-order valence-corrected chi connectivity index (χ0v) is 11.7. The van der Waals surface area contributed by atoms with Gasteiger partial charge < -0.3 is 14.8 Å². The van der Waals surface area contributed by atoms with Gasteiger partial charge in [0.15, 0.2) is 0 Å². The molecule has 0 radical (unpaired) electrons. The molecule has 1 aromatic carbocycles. The summed E-state index contributed by atoms with van der Waals surface area (Å²) in [5.41, 5.74) is 0.674. The number of hydrogen-bond acceptors (Lipinski definition) is 4. The van der Waals surface area contributed by atoms with Crippen molar-refractivity contribution in [3.8, 4) is 5.75 Å². The van der Waals surface area contributed by atoms with Crippen LogP contribution in [0.2, 0.25) is 0 Å². The molecule has 0 bridgehead atoms. The normalized spacial score (nSPS) is 11.2. The van der Waals surface area contributed by atoms with Crippen LogP contribution in [0.5, 0.6) is 5.75 Å². The molecule has 0 atom stereocenters. The zero-order chi connectivity index (χ0) is 15.7. The van der Waals surface area contributed by atoms with Crippen LogP contribution >= 0.6 is 0 Å². The van der Waals surface area contributed by atoms with E-state index in [1.165, 1.54) is 18.2 Å². The number of halogens is 3. The van der Waals surface area contributed by atoms with Gasteiger partial charge in [0.2, 0.25) is 0 Å². The fourth-order valence-electron chi connectivity index (χ4n) is 1.68. The monoisotopic (exact) mass is 305 g/mol. The third-order valence-corrected chi connectivity index (χ3v) is 2.50. The van der Waals surface area contributed by atoms with Gasteiger partial charge in [-0.05, 0) is 37.6 Å². The summed E-state index contributed by atoms with van der Waals surface area (Å²) in [6.07, 6.45) is -3.76. The van der Waals surface area contributed by atoms with Gasteiger partial charge in [-0.2, -0.15) is 0 Å². The first kappa shape index (κ1) is 17.3. The Labute approximate surface area is 121 Å². The van der Waals surface area contributed by atoms with Crippen molar-refractivity contribution in [2.45, 2.75) is 32.7 Å². The van der Waals surface area contributed by atoms with E-state index in [2.05, 4.69) is 10.1 Å². The first-order chi connectivity index (χ1) is 9.90. The van der Waals surface area contributed by atoms with Gasteiger partial charge >= 0.3 is 12.3 Å². The first-order valence-electron chi connectivity index (χ1n) is 6.61. The molecule has 0 aromatic heterocycles. The molecular formula is C14H18F3NO3. The maximum absolute atomic E-state index is 12.1. The van der Waals surface area contributed by atoms with Crippen LogP contribution in [0.1, 0.15) is 25.3 Å². The van der Waals surface area contributed by atoms with Crippen LogP contribution < -0.4 is 10.1 Å². The molecule has 0 unspecified atom stereocenters. The van der Waals surface area contributed by atoms with E-state index in [9.17, 15) is 18.0 Å². The summed E-state index contributed by atoms with van der Waals surface area (Å²) >= 11 is 0. The summed E-state index contributed by atoms with van der Waals surface area (Å²) in [5, 5.41) is 3.04. The molecule has 1 N–H and O–H groups in total. The highest BCUT2D eigenvalue weighted by Gasteiger charge is 2.31. The van der Waals surface area contributed by atoms with Gasteiger partial charge in [0, 0.05) is 13.0 Å². The molecule has 0 fully saturated rings. The molecule has 118 valence electrons. The molecule has 0 saturated carbocycles. The Bertz CT molecular complexity index is 449. The largest absolute Gasteiger partial charge is 0.573 e. The fourth-order valence-corrected chi connectivity index (χ4v) is 1.68. The Morgan fingerprint density at radius 3 is 2.76 bits per heavy atom. The summed E-state index contributed by atoms with van der Waals surface area (Å²) in [6, 6.07) is 5.77. The van der Waals surface area contributed by atoms with Crippen LogP contribution in [-0.4, -0.2) is 25.5 Å². The van der Waals surface area contributed by atoms with Crippen LogP contribution in [0.4, 0.5) is 13.2 Å². The van der Waals surface area contributed by atoms with E-state index in [1.54, 1.807) is 13.0 Å². The standard InChI is InChI=1S/C14H18F3NO3/c1-2-20-13(19)7-4-8-18-10-11-5-3-6-12(9-11)21-14(15,16)17/h3,5-6,9,18H,2,4,7-8,10H2,1H3. The highest BCUT2D eigenvalue weighted by atomic mass is 19.4. The number of ether oxygens (including phenoxy) is 2. The van der Waals surface area contributed by atoms with Crippen molar-refractivity contribution >= 4 is 5.97 Å². The number of nitrogens with one attached hydrogen (secondary N) is 1. The molecule has 7 heteroatoms. The van der Waals surface area contributed by atoms with E-state index >= 15 is 0 Å². The van der Waals surface area contributed by atoms with Gasteiger partial charge in [-0.15, -0.1) is 13.2 Å². The number of carbonyl (C=O) groups is 1. The highest BCUT2D eigenvalue weighted by molar-refractivity contribution is 5.69. The lowest BCUT2D eigenvalue weighted by atomic mass is 10.2. The Morgan fingerprint density at radius 1 is 1.33 bits per heavy atom. The predicted molar refractivity (Wildman–Crippen MR) is 70.7 cm³/mol. The summed E-state index contributed by atoms with van der Waals surface area (Å²) < 4.78 is 44.9. The Balaban J connectivity index is 2.29. The number of esters is 1. The topological polar surface area (TPSA) is 47.6 Å². The minimum absolute atomic E-state index is 0.242. The Hall–Kier alpha value is -1.76. The lowest BCUT2D eigenvalue weighted by molar-refractivity contribution is -0.274. The van der Waals surface area contributed by atoms with Crippen molar-refractivity contribution in [3.05, 3.63) is 29.8 Å². The second-order valence-corrected chi connectivity index (χ2v) is 4.28. The number of carbonyl (C=O) groups excluding carboxylic acids is 1. The molecule has 0 spiro atoms. The number of benzene rings is 1. The van der Waals surface area contributed by atoms with Crippen molar-refractivity contribution in [2.75, 3.05) is 13.2 Å². The van der Waals surface area contributed by atoms with E-state index in [1.807, 2.05) is 0 Å². The molecule has 0 heterocycles. The molecule has 21 heavy (non-hydrogen) atoms. The molecule has 1 rings (SSSR count). The van der Waals surface area contributed by atoms with Crippen molar-refractivity contribution in [3.63, 3.8) is 0 Å². The van der Waals surface area contributed by atoms with Crippen LogP contribution in [0.3, 0.4) is 0 Å².